The summed E-state index contributed by atoms with van der Waals surface area (Å²) in [6.07, 6.45) is 1.64. The third kappa shape index (κ3) is 4.20. The molecule has 1 rings (SSSR count). The smallest absolute Gasteiger partial charge is 0.318 e. The largest absolute Gasteiger partial charge is 0.395 e. The number of carbonyl (C=O) groups is 1. The molecule has 1 aromatic heterocycles. The van der Waals surface area contributed by atoms with Crippen molar-refractivity contribution in [3.63, 3.8) is 0 Å². The minimum atomic E-state index is -0.174. The van der Waals surface area contributed by atoms with Crippen LogP contribution in [0.4, 0.5) is 4.79 Å². The van der Waals surface area contributed by atoms with E-state index in [2.05, 4.69) is 11.9 Å². The van der Waals surface area contributed by atoms with Gasteiger partial charge in [-0.15, -0.1) is 17.9 Å². The van der Waals surface area contributed by atoms with E-state index in [0.717, 1.165) is 4.88 Å². The summed E-state index contributed by atoms with van der Waals surface area (Å²) in [5.41, 5.74) is 1.19. The molecule has 0 spiro atoms. The fourth-order valence-electron chi connectivity index (χ4n) is 1.41. The Morgan fingerprint density at radius 1 is 1.71 bits per heavy atom. The van der Waals surface area contributed by atoms with Gasteiger partial charge in [-0.05, 0) is 23.9 Å². The van der Waals surface area contributed by atoms with Crippen LogP contribution in [0.25, 0.3) is 0 Å². The zero-order valence-corrected chi connectivity index (χ0v) is 10.8. The van der Waals surface area contributed by atoms with Crippen molar-refractivity contribution in [2.45, 2.75) is 13.5 Å². The Balaban J connectivity index is 2.47. The zero-order valence-electron chi connectivity index (χ0n) is 9.98. The fraction of sp³-hybridized carbons (Fsp3) is 0.417. The van der Waals surface area contributed by atoms with Crippen LogP contribution < -0.4 is 5.32 Å². The maximum Gasteiger partial charge on any atom is 0.318 e. The van der Waals surface area contributed by atoms with Gasteiger partial charge in [0.05, 0.1) is 13.2 Å². The first kappa shape index (κ1) is 13.7. The third-order valence-electron chi connectivity index (χ3n) is 2.37. The fourth-order valence-corrected chi connectivity index (χ4v) is 2.25. The molecule has 0 radical (unpaired) electrons. The van der Waals surface area contributed by atoms with Gasteiger partial charge in [0.1, 0.15) is 0 Å². The molecule has 4 nitrogen and oxygen atoms in total. The number of carbonyl (C=O) groups excluding carboxylic acids is 1. The molecule has 5 heteroatoms. The molecule has 94 valence electrons. The number of hydrogen-bond acceptors (Lipinski definition) is 3. The van der Waals surface area contributed by atoms with Crippen molar-refractivity contribution in [3.8, 4) is 0 Å². The number of nitrogens with zero attached hydrogens (tertiary/aromatic N) is 1. The van der Waals surface area contributed by atoms with E-state index in [1.807, 2.05) is 18.4 Å². The summed E-state index contributed by atoms with van der Waals surface area (Å²) in [5, 5.41) is 13.7. The molecule has 0 fully saturated rings. The summed E-state index contributed by atoms with van der Waals surface area (Å²) in [6.45, 7) is 6.86. The summed E-state index contributed by atoms with van der Waals surface area (Å²) in [5.74, 6) is 0. The van der Waals surface area contributed by atoms with Gasteiger partial charge in [-0.3, -0.25) is 0 Å². The SMILES string of the molecule is C=CCN(CCO)C(=O)NCc1sccc1C. The predicted molar refractivity (Wildman–Crippen MR) is 70.1 cm³/mol. The number of aliphatic hydroxyl groups excluding tert-OH is 1. The molecule has 2 N–H and O–H groups in total. The lowest BCUT2D eigenvalue weighted by Crippen LogP contribution is -2.41. The second kappa shape index (κ2) is 7.09. The summed E-state index contributed by atoms with van der Waals surface area (Å²) in [4.78, 5) is 14.5. The van der Waals surface area contributed by atoms with E-state index in [-0.39, 0.29) is 12.6 Å². The van der Waals surface area contributed by atoms with Crippen LogP contribution in [0, 0.1) is 6.92 Å². The molecule has 0 bridgehead atoms. The van der Waals surface area contributed by atoms with Gasteiger partial charge in [0.15, 0.2) is 0 Å². The van der Waals surface area contributed by atoms with E-state index in [1.165, 1.54) is 10.5 Å². The predicted octanol–water partition coefficient (Wildman–Crippen LogP) is 1.75. The van der Waals surface area contributed by atoms with Crippen LogP contribution in [0.15, 0.2) is 24.1 Å². The van der Waals surface area contributed by atoms with Crippen molar-refractivity contribution in [2.24, 2.45) is 0 Å². The molecule has 17 heavy (non-hydrogen) atoms. The second-order valence-electron chi connectivity index (χ2n) is 3.64. The number of hydrogen-bond donors (Lipinski definition) is 2. The molecule has 0 saturated heterocycles. The van der Waals surface area contributed by atoms with Crippen LogP contribution in [0.5, 0.6) is 0 Å². The average molecular weight is 254 g/mol. The lowest BCUT2D eigenvalue weighted by Gasteiger charge is -2.20. The number of rotatable bonds is 6. The molecule has 2 amide bonds. The monoisotopic (exact) mass is 254 g/mol. The molecule has 0 unspecified atom stereocenters. The molecular weight excluding hydrogens is 236 g/mol. The summed E-state index contributed by atoms with van der Waals surface area (Å²) in [6, 6.07) is 1.85. The summed E-state index contributed by atoms with van der Waals surface area (Å²) in [7, 11) is 0. The molecule has 0 atom stereocenters. The molecule has 0 aromatic carbocycles. The van der Waals surface area contributed by atoms with Crippen LogP contribution in [0.3, 0.4) is 0 Å². The number of nitrogens with one attached hydrogen (secondary N) is 1. The van der Waals surface area contributed by atoms with E-state index in [0.29, 0.717) is 19.6 Å². The van der Waals surface area contributed by atoms with Gasteiger partial charge in [-0.1, -0.05) is 6.08 Å². The maximum absolute atomic E-state index is 11.8. The van der Waals surface area contributed by atoms with E-state index in [4.69, 9.17) is 5.11 Å². The Hall–Kier alpha value is -1.33. The minimum absolute atomic E-state index is 0.0424. The number of aryl methyl sites for hydroxylation is 1. The van der Waals surface area contributed by atoms with Gasteiger partial charge in [0.25, 0.3) is 0 Å². The van der Waals surface area contributed by atoms with Crippen LogP contribution in [-0.2, 0) is 6.54 Å². The van der Waals surface area contributed by atoms with Gasteiger partial charge < -0.3 is 15.3 Å². The van der Waals surface area contributed by atoms with Crippen LogP contribution in [0.2, 0.25) is 0 Å². The van der Waals surface area contributed by atoms with E-state index >= 15 is 0 Å². The first-order valence-corrected chi connectivity index (χ1v) is 6.34. The minimum Gasteiger partial charge on any atom is -0.395 e. The topological polar surface area (TPSA) is 52.6 Å². The summed E-state index contributed by atoms with van der Waals surface area (Å²) >= 11 is 1.63. The third-order valence-corrected chi connectivity index (χ3v) is 3.40. The maximum atomic E-state index is 11.8. The zero-order chi connectivity index (χ0) is 12.7. The van der Waals surface area contributed by atoms with E-state index < -0.39 is 0 Å². The van der Waals surface area contributed by atoms with Crippen molar-refractivity contribution in [3.05, 3.63) is 34.5 Å². The second-order valence-corrected chi connectivity index (χ2v) is 4.64. The quantitative estimate of drug-likeness (QED) is 0.760. The van der Waals surface area contributed by atoms with Crippen molar-refractivity contribution >= 4 is 17.4 Å². The summed E-state index contributed by atoms with van der Waals surface area (Å²) < 4.78 is 0. The van der Waals surface area contributed by atoms with Gasteiger partial charge in [-0.2, -0.15) is 0 Å². The molecule has 0 aliphatic rings. The Morgan fingerprint density at radius 2 is 2.47 bits per heavy atom. The Bertz CT molecular complexity index is 376. The Morgan fingerprint density at radius 3 is 3.00 bits per heavy atom. The normalized spacial score (nSPS) is 10.0. The standard InChI is InChI=1S/C12H18N2O2S/c1-3-5-14(6-7-15)12(16)13-9-11-10(2)4-8-17-11/h3-4,8,15H,1,5-7,9H2,2H3,(H,13,16). The highest BCUT2D eigenvalue weighted by Crippen LogP contribution is 2.14. The Kier molecular flexibility index (Phi) is 5.72. The van der Waals surface area contributed by atoms with Crippen LogP contribution >= 0.6 is 11.3 Å². The highest BCUT2D eigenvalue weighted by Gasteiger charge is 2.11. The molecule has 0 aliphatic carbocycles. The highest BCUT2D eigenvalue weighted by atomic mass is 32.1. The van der Waals surface area contributed by atoms with Crippen LogP contribution in [-0.4, -0.2) is 35.7 Å². The lowest BCUT2D eigenvalue weighted by atomic mass is 10.3. The van der Waals surface area contributed by atoms with Gasteiger partial charge in [0.2, 0.25) is 0 Å². The van der Waals surface area contributed by atoms with E-state index in [1.54, 1.807) is 17.4 Å². The number of amides is 2. The van der Waals surface area contributed by atoms with Crippen molar-refractivity contribution in [1.82, 2.24) is 10.2 Å². The highest BCUT2D eigenvalue weighted by molar-refractivity contribution is 7.10. The van der Waals surface area contributed by atoms with Crippen molar-refractivity contribution in [1.29, 1.82) is 0 Å². The van der Waals surface area contributed by atoms with Gasteiger partial charge in [0, 0.05) is 18.0 Å². The number of aliphatic hydroxyl groups is 1. The Labute approximate surface area is 106 Å². The number of urea groups is 1. The molecule has 0 saturated carbocycles. The lowest BCUT2D eigenvalue weighted by molar-refractivity contribution is 0.183. The van der Waals surface area contributed by atoms with E-state index in [9.17, 15) is 4.79 Å². The molecule has 1 aromatic rings. The number of thiophene rings is 1. The van der Waals surface area contributed by atoms with Crippen molar-refractivity contribution < 1.29 is 9.90 Å². The molecule has 1 heterocycles. The average Bonchev–Trinajstić information content (AvgIpc) is 2.71. The van der Waals surface area contributed by atoms with Gasteiger partial charge in [-0.25, -0.2) is 4.79 Å². The first-order valence-electron chi connectivity index (χ1n) is 5.46. The first-order chi connectivity index (χ1) is 8.19. The molecule has 0 aliphatic heterocycles. The van der Waals surface area contributed by atoms with Crippen molar-refractivity contribution in [2.75, 3.05) is 19.7 Å². The van der Waals surface area contributed by atoms with Gasteiger partial charge >= 0.3 is 6.03 Å². The van der Waals surface area contributed by atoms with Crippen LogP contribution in [0.1, 0.15) is 10.4 Å². The molecular formula is C12H18N2O2S.